The number of carboxylic acids is 1. The van der Waals surface area contributed by atoms with E-state index in [1.807, 2.05) is 12.1 Å². The van der Waals surface area contributed by atoms with Crippen LogP contribution >= 0.6 is 0 Å². The zero-order valence-electron chi connectivity index (χ0n) is 16.2. The molecule has 0 unspecified atom stereocenters. The van der Waals surface area contributed by atoms with Crippen LogP contribution in [0, 0.1) is 0 Å². The lowest BCUT2D eigenvalue weighted by Gasteiger charge is -2.25. The smallest absolute Gasteiger partial charge is 0.354 e. The van der Waals surface area contributed by atoms with Crippen LogP contribution in [0.5, 0.6) is 0 Å². The molecule has 156 valence electrons. The van der Waals surface area contributed by atoms with Crippen molar-refractivity contribution >= 4 is 5.97 Å². The Kier molecular flexibility index (Phi) is 7.62. The fraction of sp³-hybridized carbons (Fsp3) is 0.450. The molecular formula is C20H27N5O4. The van der Waals surface area contributed by atoms with E-state index in [0.717, 1.165) is 50.7 Å². The summed E-state index contributed by atoms with van der Waals surface area (Å²) in [6.07, 6.45) is -1.57. The van der Waals surface area contributed by atoms with Crippen molar-refractivity contribution in [2.45, 2.75) is 19.4 Å². The van der Waals surface area contributed by atoms with Gasteiger partial charge in [-0.1, -0.05) is 12.1 Å². The number of hydrogen-bond donors (Lipinski definition) is 4. The lowest BCUT2D eigenvalue weighted by molar-refractivity contribution is -0.0460. The molecule has 2 aromatic rings. The molecule has 0 saturated carbocycles. The maximum Gasteiger partial charge on any atom is 0.354 e. The Morgan fingerprint density at radius 1 is 0.931 bits per heavy atom. The van der Waals surface area contributed by atoms with Crippen LogP contribution in [0.3, 0.4) is 0 Å². The van der Waals surface area contributed by atoms with E-state index in [9.17, 15) is 15.0 Å². The number of rotatable bonds is 6. The molecule has 0 radical (unpaired) electrons. The summed E-state index contributed by atoms with van der Waals surface area (Å²) >= 11 is 0. The standard InChI is InChI=1S/C20H27N5O4/c26-19(27)17-5-1-3-15(22-17)13-24-9-7-21-8-10-25(12-11-24)14-16-4-2-6-18(23-16)20(28)29/h1-6,19,21,26-27H,7-14H2,(H,28,29). The monoisotopic (exact) mass is 401 g/mol. The highest BCUT2D eigenvalue weighted by atomic mass is 16.5. The molecule has 1 fully saturated rings. The van der Waals surface area contributed by atoms with Crippen molar-refractivity contribution in [2.75, 3.05) is 39.3 Å². The Morgan fingerprint density at radius 2 is 1.52 bits per heavy atom. The van der Waals surface area contributed by atoms with Crippen molar-refractivity contribution in [3.63, 3.8) is 0 Å². The van der Waals surface area contributed by atoms with Crippen molar-refractivity contribution in [1.29, 1.82) is 0 Å². The van der Waals surface area contributed by atoms with Crippen molar-refractivity contribution in [1.82, 2.24) is 25.1 Å². The minimum atomic E-state index is -1.57. The minimum Gasteiger partial charge on any atom is -0.477 e. The second-order valence-corrected chi connectivity index (χ2v) is 7.05. The molecular weight excluding hydrogens is 374 g/mol. The van der Waals surface area contributed by atoms with Gasteiger partial charge in [-0.3, -0.25) is 14.8 Å². The Bertz CT molecular complexity index is 817. The van der Waals surface area contributed by atoms with Crippen molar-refractivity contribution in [3.8, 4) is 0 Å². The topological polar surface area (TPSA) is 122 Å². The van der Waals surface area contributed by atoms with E-state index in [4.69, 9.17) is 5.11 Å². The summed E-state index contributed by atoms with van der Waals surface area (Å²) in [6.45, 7) is 6.21. The molecule has 1 aliphatic rings. The van der Waals surface area contributed by atoms with Gasteiger partial charge in [0.25, 0.3) is 0 Å². The number of nitrogens with zero attached hydrogens (tertiary/aromatic N) is 4. The van der Waals surface area contributed by atoms with Gasteiger partial charge in [0.1, 0.15) is 5.69 Å². The molecule has 2 aromatic heterocycles. The molecule has 1 aliphatic heterocycles. The fourth-order valence-electron chi connectivity index (χ4n) is 3.30. The Balaban J connectivity index is 1.63. The SMILES string of the molecule is O=C(O)c1cccc(CN2CCNCCN(Cc3cccc(C(O)O)n3)CC2)n1. The highest BCUT2D eigenvalue weighted by molar-refractivity contribution is 5.85. The summed E-state index contributed by atoms with van der Waals surface area (Å²) in [6, 6.07) is 10.3. The molecule has 4 N–H and O–H groups in total. The number of pyridine rings is 2. The zero-order valence-corrected chi connectivity index (χ0v) is 16.2. The number of hydrogen-bond acceptors (Lipinski definition) is 8. The fourth-order valence-corrected chi connectivity index (χ4v) is 3.30. The summed E-state index contributed by atoms with van der Waals surface area (Å²) in [5.74, 6) is -1.02. The predicted octanol–water partition coefficient (Wildman–Crippen LogP) is 0.0654. The molecule has 29 heavy (non-hydrogen) atoms. The molecule has 0 aromatic carbocycles. The lowest BCUT2D eigenvalue weighted by atomic mass is 10.2. The van der Waals surface area contributed by atoms with Crippen LogP contribution in [-0.4, -0.2) is 80.3 Å². The second-order valence-electron chi connectivity index (χ2n) is 7.05. The van der Waals surface area contributed by atoms with E-state index in [-0.39, 0.29) is 11.4 Å². The first kappa shape index (κ1) is 21.3. The molecule has 3 heterocycles. The number of aliphatic hydroxyl groups excluding tert-OH is 1. The number of carbonyl (C=O) groups is 1. The lowest BCUT2D eigenvalue weighted by Crippen LogP contribution is -2.35. The first-order valence-corrected chi connectivity index (χ1v) is 9.68. The first-order chi connectivity index (χ1) is 14.0. The van der Waals surface area contributed by atoms with E-state index in [1.54, 1.807) is 18.2 Å². The average molecular weight is 401 g/mol. The van der Waals surface area contributed by atoms with Crippen LogP contribution in [0.2, 0.25) is 0 Å². The van der Waals surface area contributed by atoms with Crippen LogP contribution in [0.25, 0.3) is 0 Å². The van der Waals surface area contributed by atoms with Gasteiger partial charge in [0.2, 0.25) is 0 Å². The van der Waals surface area contributed by atoms with E-state index < -0.39 is 12.3 Å². The van der Waals surface area contributed by atoms with Gasteiger partial charge in [-0.15, -0.1) is 0 Å². The van der Waals surface area contributed by atoms with Crippen molar-refractivity contribution in [3.05, 3.63) is 59.2 Å². The summed E-state index contributed by atoms with van der Waals surface area (Å²) in [5.41, 5.74) is 1.83. The quantitative estimate of drug-likeness (QED) is 0.498. The zero-order chi connectivity index (χ0) is 20.6. The third-order valence-corrected chi connectivity index (χ3v) is 4.83. The molecule has 9 nitrogen and oxygen atoms in total. The maximum absolute atomic E-state index is 11.1. The number of aromatic nitrogens is 2. The number of aliphatic hydroxyl groups is 2. The Labute approximate surface area is 169 Å². The summed E-state index contributed by atoms with van der Waals surface area (Å²) < 4.78 is 0. The van der Waals surface area contributed by atoms with Crippen LogP contribution in [0.1, 0.15) is 33.9 Å². The number of nitrogens with one attached hydrogen (secondary N) is 1. The number of aromatic carboxylic acids is 1. The predicted molar refractivity (Wildman–Crippen MR) is 106 cm³/mol. The summed E-state index contributed by atoms with van der Waals surface area (Å²) in [7, 11) is 0. The van der Waals surface area contributed by atoms with Gasteiger partial charge in [0, 0.05) is 52.4 Å². The van der Waals surface area contributed by atoms with Crippen molar-refractivity contribution < 1.29 is 20.1 Å². The van der Waals surface area contributed by atoms with Gasteiger partial charge >= 0.3 is 5.97 Å². The minimum absolute atomic E-state index is 0.0588. The molecule has 0 amide bonds. The van der Waals surface area contributed by atoms with E-state index >= 15 is 0 Å². The van der Waals surface area contributed by atoms with E-state index in [0.29, 0.717) is 13.1 Å². The maximum atomic E-state index is 11.1. The molecule has 0 aliphatic carbocycles. The van der Waals surface area contributed by atoms with Gasteiger partial charge in [0.15, 0.2) is 6.29 Å². The normalized spacial score (nSPS) is 16.9. The Morgan fingerprint density at radius 3 is 2.10 bits per heavy atom. The second kappa shape index (κ2) is 10.4. The third-order valence-electron chi connectivity index (χ3n) is 4.83. The Hall–Kier alpha value is -2.43. The molecule has 0 spiro atoms. The highest BCUT2D eigenvalue weighted by Crippen LogP contribution is 2.10. The average Bonchev–Trinajstić information content (AvgIpc) is 2.81. The molecule has 0 atom stereocenters. The summed E-state index contributed by atoms with van der Waals surface area (Å²) in [4.78, 5) is 24.2. The van der Waals surface area contributed by atoms with Crippen molar-refractivity contribution in [2.24, 2.45) is 0 Å². The molecule has 9 heteroatoms. The van der Waals surface area contributed by atoms with E-state index in [1.165, 1.54) is 6.07 Å². The van der Waals surface area contributed by atoms with Gasteiger partial charge in [-0.25, -0.2) is 9.78 Å². The third kappa shape index (κ3) is 6.55. The number of carboxylic acid groups (broad SMARTS) is 1. The van der Waals surface area contributed by atoms with Gasteiger partial charge in [-0.05, 0) is 24.3 Å². The van der Waals surface area contributed by atoms with Crippen LogP contribution < -0.4 is 5.32 Å². The van der Waals surface area contributed by atoms with Gasteiger partial charge in [0.05, 0.1) is 17.1 Å². The summed E-state index contributed by atoms with van der Waals surface area (Å²) in [5, 5.41) is 31.2. The van der Waals surface area contributed by atoms with Crippen LogP contribution in [-0.2, 0) is 13.1 Å². The molecule has 0 bridgehead atoms. The van der Waals surface area contributed by atoms with E-state index in [2.05, 4.69) is 25.1 Å². The highest BCUT2D eigenvalue weighted by Gasteiger charge is 2.15. The van der Waals surface area contributed by atoms with Gasteiger partial charge < -0.3 is 20.6 Å². The molecule has 1 saturated heterocycles. The van der Waals surface area contributed by atoms with Gasteiger partial charge in [-0.2, -0.15) is 0 Å². The van der Waals surface area contributed by atoms with Crippen LogP contribution in [0.15, 0.2) is 36.4 Å². The first-order valence-electron chi connectivity index (χ1n) is 9.68. The largest absolute Gasteiger partial charge is 0.477 e. The molecule has 3 rings (SSSR count). The van der Waals surface area contributed by atoms with Crippen LogP contribution in [0.4, 0.5) is 0 Å².